The highest BCUT2D eigenvalue weighted by molar-refractivity contribution is 9.09. The Balaban J connectivity index is 0. The quantitative estimate of drug-likeness (QED) is 0.0227. The maximum absolute atomic E-state index is 13.4. The molecule has 0 N–H and O–H groups in total. The molecule has 0 aliphatic carbocycles. The summed E-state index contributed by atoms with van der Waals surface area (Å²) in [5, 5.41) is 1.62. The molecule has 0 rings (SSSR count). The first-order valence-corrected chi connectivity index (χ1v) is 26.3. The van der Waals surface area contributed by atoms with E-state index in [0.717, 1.165) is 31.2 Å². The van der Waals surface area contributed by atoms with Crippen molar-refractivity contribution in [3.63, 3.8) is 0 Å². The van der Waals surface area contributed by atoms with Crippen molar-refractivity contribution in [2.75, 3.05) is 31.8 Å². The Hall–Kier alpha value is -0.576. The average Bonchev–Trinajstić information content (AvgIpc) is 2.99. The van der Waals surface area contributed by atoms with Crippen molar-refractivity contribution in [3.8, 4) is 0 Å². The van der Waals surface area contributed by atoms with Gasteiger partial charge in [-0.1, -0.05) is 102 Å². The van der Waals surface area contributed by atoms with Gasteiger partial charge in [-0.2, -0.15) is 22.0 Å². The minimum atomic E-state index is -5.70. The molecule has 52 heavy (non-hydrogen) atoms. The van der Waals surface area contributed by atoms with Crippen molar-refractivity contribution in [2.45, 2.75) is 194 Å². The highest BCUT2D eigenvalue weighted by Gasteiger charge is 2.57. The van der Waals surface area contributed by atoms with Gasteiger partial charge in [0, 0.05) is 25.0 Å². The first kappa shape index (κ1) is 53.5. The van der Waals surface area contributed by atoms with Crippen LogP contribution in [-0.4, -0.2) is 72.4 Å². The molecular weight excluding hydrogens is 783 g/mol. The Morgan fingerprint density at radius 3 is 1.23 bits per heavy atom. The maximum atomic E-state index is 13.4. The smallest absolute Gasteiger partial charge is 0.453 e. The van der Waals surface area contributed by atoms with Gasteiger partial charge in [-0.25, -0.2) is 0 Å². The zero-order valence-electron chi connectivity index (χ0n) is 34.7. The number of hydrogen-bond acceptors (Lipinski definition) is 6. The van der Waals surface area contributed by atoms with E-state index in [9.17, 15) is 31.5 Å². The zero-order valence-corrected chi connectivity index (χ0v) is 38.2. The van der Waals surface area contributed by atoms with E-state index in [2.05, 4.69) is 83.7 Å². The SMILES string of the molecule is CC(C)(C)[Si](C)(C)OCCCCCCCBr.CCOC(=O)C(CCCCCCCO[Si](C)(C)C(C)(C)C)(CCCC(F)(F)C(F)(F)F)C(=O)OCC. The number of alkyl halides is 6. The second kappa shape index (κ2) is 24.8. The van der Waals surface area contributed by atoms with Gasteiger partial charge in [-0.3, -0.25) is 9.59 Å². The highest BCUT2D eigenvalue weighted by Crippen LogP contribution is 2.42. The van der Waals surface area contributed by atoms with Gasteiger partial charge in [0.15, 0.2) is 22.0 Å². The van der Waals surface area contributed by atoms with Crippen LogP contribution < -0.4 is 0 Å². The van der Waals surface area contributed by atoms with E-state index < -0.39 is 65.3 Å². The molecule has 0 heterocycles. The third kappa shape index (κ3) is 20.4. The summed E-state index contributed by atoms with van der Waals surface area (Å²) in [4.78, 5) is 25.5. The van der Waals surface area contributed by atoms with E-state index in [1.807, 2.05) is 0 Å². The van der Waals surface area contributed by atoms with Gasteiger partial charge in [0.25, 0.3) is 0 Å². The van der Waals surface area contributed by atoms with Gasteiger partial charge in [-0.15, -0.1) is 0 Å². The highest BCUT2D eigenvalue weighted by atomic mass is 79.9. The Kier molecular flexibility index (Phi) is 25.6. The third-order valence-electron chi connectivity index (χ3n) is 10.4. The lowest BCUT2D eigenvalue weighted by molar-refractivity contribution is -0.284. The topological polar surface area (TPSA) is 71.1 Å². The van der Waals surface area contributed by atoms with E-state index in [0.29, 0.717) is 24.5 Å². The summed E-state index contributed by atoms with van der Waals surface area (Å²) >= 11 is 3.46. The Bertz CT molecular complexity index is 964. The standard InChI is InChI=1S/C25H45F5O5Si.C13H29BrOSi/c1-8-33-20(31)23(21(32)34-9-2,17-15-18-24(26,27)25(28,29)30)16-13-11-10-12-14-19-35-36(6,7)22(3,4)5;1-13(2,3)16(4,5)15-12-10-8-6-7-9-11-14/h8-19H2,1-7H3;6-12H2,1-5H3. The van der Waals surface area contributed by atoms with Gasteiger partial charge in [0.2, 0.25) is 0 Å². The number of carbonyl (C=O) groups excluding carboxylic acids is 2. The first-order valence-electron chi connectivity index (χ1n) is 19.3. The minimum Gasteiger partial charge on any atom is -0.465 e. The van der Waals surface area contributed by atoms with Gasteiger partial charge in [0.1, 0.15) is 0 Å². The van der Waals surface area contributed by atoms with Crippen molar-refractivity contribution in [1.29, 1.82) is 0 Å². The van der Waals surface area contributed by atoms with Crippen molar-refractivity contribution in [1.82, 2.24) is 0 Å². The van der Waals surface area contributed by atoms with Gasteiger partial charge >= 0.3 is 24.0 Å². The van der Waals surface area contributed by atoms with Crippen LogP contribution in [0, 0.1) is 5.41 Å². The van der Waals surface area contributed by atoms with Crippen molar-refractivity contribution < 1.29 is 49.9 Å². The van der Waals surface area contributed by atoms with E-state index in [1.54, 1.807) is 0 Å². The van der Waals surface area contributed by atoms with Gasteiger partial charge in [-0.05, 0) is 88.6 Å². The largest absolute Gasteiger partial charge is 0.465 e. The Labute approximate surface area is 324 Å². The zero-order chi connectivity index (χ0) is 40.9. The lowest BCUT2D eigenvalue weighted by Crippen LogP contribution is -2.43. The lowest BCUT2D eigenvalue weighted by Gasteiger charge is -2.36. The molecule has 0 spiro atoms. The number of esters is 2. The number of rotatable bonds is 25. The molecule has 0 unspecified atom stereocenters. The normalized spacial score (nSPS) is 13.4. The summed E-state index contributed by atoms with van der Waals surface area (Å²) in [6.07, 6.45) is 1.71. The molecular formula is C38H74BrF5O6Si2. The molecule has 0 amide bonds. The van der Waals surface area contributed by atoms with Crippen molar-refractivity contribution >= 4 is 44.5 Å². The number of hydrogen-bond donors (Lipinski definition) is 0. The molecule has 14 heteroatoms. The van der Waals surface area contributed by atoms with Crippen LogP contribution in [-0.2, 0) is 27.9 Å². The lowest BCUT2D eigenvalue weighted by atomic mass is 9.77. The number of halogens is 6. The molecule has 0 aliphatic heterocycles. The molecule has 0 saturated heterocycles. The van der Waals surface area contributed by atoms with Crippen LogP contribution in [0.3, 0.4) is 0 Å². The van der Waals surface area contributed by atoms with E-state index in [-0.39, 0.29) is 24.7 Å². The summed E-state index contributed by atoms with van der Waals surface area (Å²) < 4.78 is 86.9. The molecule has 0 saturated carbocycles. The summed E-state index contributed by atoms with van der Waals surface area (Å²) in [6, 6.07) is 0. The van der Waals surface area contributed by atoms with Crippen LogP contribution in [0.1, 0.15) is 145 Å². The van der Waals surface area contributed by atoms with Crippen LogP contribution in [0.2, 0.25) is 36.3 Å². The van der Waals surface area contributed by atoms with Gasteiger partial charge < -0.3 is 18.3 Å². The van der Waals surface area contributed by atoms with Crippen LogP contribution >= 0.6 is 15.9 Å². The molecule has 0 atom stereocenters. The fourth-order valence-corrected chi connectivity index (χ4v) is 7.35. The molecule has 0 bridgehead atoms. The third-order valence-corrected chi connectivity index (χ3v) is 20.0. The average molecular weight is 858 g/mol. The maximum Gasteiger partial charge on any atom is 0.453 e. The van der Waals surface area contributed by atoms with Crippen LogP contribution in [0.5, 0.6) is 0 Å². The monoisotopic (exact) mass is 856 g/mol. The number of unbranched alkanes of at least 4 members (excludes halogenated alkanes) is 8. The molecule has 0 aromatic carbocycles. The van der Waals surface area contributed by atoms with Gasteiger partial charge in [0.05, 0.1) is 13.2 Å². The summed E-state index contributed by atoms with van der Waals surface area (Å²) in [5.41, 5.74) is -1.90. The number of carbonyl (C=O) groups is 2. The second-order valence-electron chi connectivity index (χ2n) is 16.8. The Morgan fingerprint density at radius 1 is 0.538 bits per heavy atom. The molecule has 0 aromatic heterocycles. The summed E-state index contributed by atoms with van der Waals surface area (Å²) in [6.45, 7) is 27.0. The molecule has 6 nitrogen and oxygen atoms in total. The molecule has 0 radical (unpaired) electrons. The fourth-order valence-electron chi connectivity index (χ4n) is 4.78. The molecule has 0 aliphatic rings. The van der Waals surface area contributed by atoms with E-state index >= 15 is 0 Å². The Morgan fingerprint density at radius 2 is 0.885 bits per heavy atom. The van der Waals surface area contributed by atoms with Crippen LogP contribution in [0.15, 0.2) is 0 Å². The second-order valence-corrected chi connectivity index (χ2v) is 27.2. The number of ether oxygens (including phenoxy) is 2. The van der Waals surface area contributed by atoms with Crippen LogP contribution in [0.4, 0.5) is 22.0 Å². The molecule has 0 fully saturated rings. The van der Waals surface area contributed by atoms with E-state index in [4.69, 9.17) is 18.3 Å². The molecule has 312 valence electrons. The predicted octanol–water partition coefficient (Wildman–Crippen LogP) is 13.2. The van der Waals surface area contributed by atoms with E-state index in [1.165, 1.54) is 46.0 Å². The predicted molar refractivity (Wildman–Crippen MR) is 211 cm³/mol. The minimum absolute atomic E-state index is 0.0390. The summed E-state index contributed by atoms with van der Waals surface area (Å²) in [7, 11) is -3.30. The molecule has 0 aromatic rings. The van der Waals surface area contributed by atoms with Crippen molar-refractivity contribution in [3.05, 3.63) is 0 Å². The first-order chi connectivity index (χ1) is 23.7. The van der Waals surface area contributed by atoms with Crippen molar-refractivity contribution in [2.24, 2.45) is 5.41 Å². The fraction of sp³-hybridized carbons (Fsp3) is 0.947. The van der Waals surface area contributed by atoms with Crippen LogP contribution in [0.25, 0.3) is 0 Å². The summed E-state index contributed by atoms with van der Waals surface area (Å²) in [5.74, 6) is -6.79.